The molecule has 1 saturated carbocycles. The van der Waals surface area contributed by atoms with Crippen LogP contribution in [0, 0.1) is 11.7 Å². The van der Waals surface area contributed by atoms with Gasteiger partial charge in [0.2, 0.25) is 0 Å². The molecule has 10 heteroatoms. The topological polar surface area (TPSA) is 71.0 Å². The third-order valence-electron chi connectivity index (χ3n) is 6.19. The summed E-state index contributed by atoms with van der Waals surface area (Å²) in [4.78, 5) is 27.3. The van der Waals surface area contributed by atoms with Crippen LogP contribution in [0.2, 0.25) is 0 Å². The summed E-state index contributed by atoms with van der Waals surface area (Å²) in [6.45, 7) is 0.544. The summed E-state index contributed by atoms with van der Waals surface area (Å²) in [6.07, 6.45) is 0.822. The molecule has 4 heterocycles. The molecule has 1 aliphatic carbocycles. The number of fused-ring (bicyclic) bond motifs is 2. The van der Waals surface area contributed by atoms with E-state index in [9.17, 15) is 22.4 Å². The first-order valence-corrected chi connectivity index (χ1v) is 10.5. The van der Waals surface area contributed by atoms with E-state index in [1.807, 2.05) is 0 Å². The number of likely N-dealkylation sites (tertiary alicyclic amines) is 1. The summed E-state index contributed by atoms with van der Waals surface area (Å²) in [5, 5.41) is 3.18. The maximum atomic E-state index is 14.3. The van der Waals surface area contributed by atoms with Gasteiger partial charge >= 0.3 is 6.18 Å². The zero-order chi connectivity index (χ0) is 23.2. The van der Waals surface area contributed by atoms with Crippen LogP contribution in [0.15, 0.2) is 55.0 Å². The zero-order valence-corrected chi connectivity index (χ0v) is 17.3. The molecule has 3 aromatic heterocycles. The number of nitrogens with one attached hydrogen (secondary N) is 1. The standard InChI is InChI=1S/C23H19F4N5O/c24-16-4-2-8-28-20(16)15-3-1-7-29-21(15)22(33)32-12-13-9-17(18(32)10-13)31-19-6-5-14(11-30-19)23(25,26)27/h1-8,11,13,17-18H,9-10,12H2,(H,30,31)/t13-,17-,18+/m1/s1. The summed E-state index contributed by atoms with van der Waals surface area (Å²) in [6, 6.07) is 7.93. The lowest BCUT2D eigenvalue weighted by atomic mass is 10.0. The van der Waals surface area contributed by atoms with Gasteiger partial charge in [0.05, 0.1) is 11.6 Å². The van der Waals surface area contributed by atoms with Crippen molar-refractivity contribution in [1.29, 1.82) is 0 Å². The van der Waals surface area contributed by atoms with Crippen molar-refractivity contribution in [3.05, 3.63) is 72.1 Å². The van der Waals surface area contributed by atoms with E-state index in [-0.39, 0.29) is 35.3 Å². The zero-order valence-electron chi connectivity index (χ0n) is 17.3. The molecule has 2 fully saturated rings. The predicted molar refractivity (Wildman–Crippen MR) is 112 cm³/mol. The highest BCUT2D eigenvalue weighted by molar-refractivity contribution is 5.99. The molecule has 0 spiro atoms. The Morgan fingerprint density at radius 1 is 1.03 bits per heavy atom. The molecular weight excluding hydrogens is 438 g/mol. The Kier molecular flexibility index (Phi) is 5.22. The highest BCUT2D eigenvalue weighted by Gasteiger charge is 2.47. The summed E-state index contributed by atoms with van der Waals surface area (Å²) in [5.74, 6) is -0.294. The number of pyridine rings is 3. The Balaban J connectivity index is 1.37. The molecule has 170 valence electrons. The van der Waals surface area contributed by atoms with Crippen LogP contribution in [0.4, 0.5) is 23.4 Å². The van der Waals surface area contributed by atoms with E-state index in [4.69, 9.17) is 0 Å². The van der Waals surface area contributed by atoms with E-state index in [1.165, 1.54) is 30.6 Å². The highest BCUT2D eigenvalue weighted by Crippen LogP contribution is 2.40. The first-order chi connectivity index (χ1) is 15.8. The van der Waals surface area contributed by atoms with Crippen molar-refractivity contribution in [2.45, 2.75) is 31.1 Å². The largest absolute Gasteiger partial charge is 0.417 e. The fourth-order valence-electron chi connectivity index (χ4n) is 4.74. The van der Waals surface area contributed by atoms with Gasteiger partial charge in [-0.3, -0.25) is 14.8 Å². The van der Waals surface area contributed by atoms with E-state index >= 15 is 0 Å². The molecule has 2 aliphatic rings. The highest BCUT2D eigenvalue weighted by atomic mass is 19.4. The Bertz CT molecular complexity index is 1180. The molecule has 1 amide bonds. The molecule has 1 aliphatic heterocycles. The number of hydrogen-bond donors (Lipinski definition) is 1. The molecule has 3 aromatic rings. The number of aromatic nitrogens is 3. The smallest absolute Gasteiger partial charge is 0.365 e. The van der Waals surface area contributed by atoms with Crippen molar-refractivity contribution in [2.24, 2.45) is 5.92 Å². The number of alkyl halides is 3. The average Bonchev–Trinajstić information content (AvgIpc) is 3.39. The van der Waals surface area contributed by atoms with Crippen molar-refractivity contribution < 1.29 is 22.4 Å². The minimum absolute atomic E-state index is 0.0573. The van der Waals surface area contributed by atoms with Crippen molar-refractivity contribution in [3.8, 4) is 11.3 Å². The predicted octanol–water partition coefficient (Wildman–Crippen LogP) is 4.41. The van der Waals surface area contributed by atoms with Crippen LogP contribution in [0.3, 0.4) is 0 Å². The van der Waals surface area contributed by atoms with E-state index in [2.05, 4.69) is 20.3 Å². The summed E-state index contributed by atoms with van der Waals surface area (Å²) in [7, 11) is 0. The SMILES string of the molecule is O=C(c1ncccc1-c1ncccc1F)N1C[C@@H]2C[C@@H](Nc3ccc(C(F)(F)F)cn3)[C@@H]1C2. The van der Waals surface area contributed by atoms with Gasteiger partial charge in [-0.15, -0.1) is 0 Å². The quantitative estimate of drug-likeness (QED) is 0.588. The fourth-order valence-corrected chi connectivity index (χ4v) is 4.74. The molecule has 0 radical (unpaired) electrons. The molecule has 1 saturated heterocycles. The number of hydrogen-bond acceptors (Lipinski definition) is 5. The molecule has 0 unspecified atom stereocenters. The second-order valence-corrected chi connectivity index (χ2v) is 8.28. The lowest BCUT2D eigenvalue weighted by Crippen LogP contribution is -2.48. The molecular formula is C23H19F4N5O. The molecule has 2 bridgehead atoms. The Labute approximate surface area is 186 Å². The van der Waals surface area contributed by atoms with Crippen LogP contribution < -0.4 is 5.32 Å². The summed E-state index contributed by atoms with van der Waals surface area (Å²) in [5.41, 5.74) is -0.324. The van der Waals surface area contributed by atoms with Crippen molar-refractivity contribution in [1.82, 2.24) is 19.9 Å². The number of carbonyl (C=O) groups excluding carboxylic acids is 1. The molecule has 6 nitrogen and oxygen atoms in total. The van der Waals surface area contributed by atoms with Crippen LogP contribution in [0.25, 0.3) is 11.3 Å². The fraction of sp³-hybridized carbons (Fsp3) is 0.304. The van der Waals surface area contributed by atoms with Gasteiger partial charge in [0.15, 0.2) is 0 Å². The van der Waals surface area contributed by atoms with Gasteiger partial charge < -0.3 is 10.2 Å². The van der Waals surface area contributed by atoms with Gasteiger partial charge in [-0.2, -0.15) is 13.2 Å². The Morgan fingerprint density at radius 3 is 2.52 bits per heavy atom. The number of anilines is 1. The van der Waals surface area contributed by atoms with Gasteiger partial charge in [0.1, 0.15) is 23.0 Å². The van der Waals surface area contributed by atoms with E-state index in [0.717, 1.165) is 25.1 Å². The van der Waals surface area contributed by atoms with Gasteiger partial charge in [-0.25, -0.2) is 9.37 Å². The van der Waals surface area contributed by atoms with E-state index in [0.29, 0.717) is 17.9 Å². The molecule has 1 N–H and O–H groups in total. The second-order valence-electron chi connectivity index (χ2n) is 8.28. The third kappa shape index (κ3) is 4.01. The minimum Gasteiger partial charge on any atom is -0.365 e. The van der Waals surface area contributed by atoms with Gasteiger partial charge in [-0.05, 0) is 55.2 Å². The monoisotopic (exact) mass is 457 g/mol. The van der Waals surface area contributed by atoms with Crippen LogP contribution in [-0.4, -0.2) is 44.4 Å². The van der Waals surface area contributed by atoms with Gasteiger partial charge in [0.25, 0.3) is 5.91 Å². The van der Waals surface area contributed by atoms with Crippen molar-refractivity contribution >= 4 is 11.7 Å². The number of rotatable bonds is 4. The number of nitrogens with zero attached hydrogens (tertiary/aromatic N) is 4. The van der Waals surface area contributed by atoms with Crippen molar-refractivity contribution in [3.63, 3.8) is 0 Å². The number of carbonyl (C=O) groups is 1. The number of piperidine rings is 1. The normalized spacial score (nSPS) is 21.9. The lowest BCUT2D eigenvalue weighted by Gasteiger charge is -2.34. The lowest BCUT2D eigenvalue weighted by molar-refractivity contribution is -0.137. The summed E-state index contributed by atoms with van der Waals surface area (Å²) >= 11 is 0. The van der Waals surface area contributed by atoms with E-state index < -0.39 is 17.6 Å². The molecule has 3 atom stereocenters. The third-order valence-corrected chi connectivity index (χ3v) is 6.19. The van der Waals surface area contributed by atoms with Crippen molar-refractivity contribution in [2.75, 3.05) is 11.9 Å². The Morgan fingerprint density at radius 2 is 1.82 bits per heavy atom. The number of amides is 1. The van der Waals surface area contributed by atoms with E-state index in [1.54, 1.807) is 17.0 Å². The average molecular weight is 457 g/mol. The van der Waals surface area contributed by atoms with Crippen LogP contribution in [-0.2, 0) is 6.18 Å². The van der Waals surface area contributed by atoms with Gasteiger partial charge in [-0.1, -0.05) is 0 Å². The maximum Gasteiger partial charge on any atom is 0.417 e. The van der Waals surface area contributed by atoms with Crippen LogP contribution in [0.5, 0.6) is 0 Å². The summed E-state index contributed by atoms with van der Waals surface area (Å²) < 4.78 is 52.7. The molecule has 33 heavy (non-hydrogen) atoms. The Hall–Kier alpha value is -3.56. The first-order valence-electron chi connectivity index (χ1n) is 10.5. The first kappa shape index (κ1) is 21.3. The molecule has 5 rings (SSSR count). The van der Waals surface area contributed by atoms with Crippen LogP contribution in [0.1, 0.15) is 28.9 Å². The van der Waals surface area contributed by atoms with Gasteiger partial charge in [0, 0.05) is 36.7 Å². The second kappa shape index (κ2) is 8.09. The maximum absolute atomic E-state index is 14.3. The van der Waals surface area contributed by atoms with Crippen LogP contribution >= 0.6 is 0 Å². The molecule has 0 aromatic carbocycles. The number of halogens is 4. The minimum atomic E-state index is -4.45.